The Bertz CT molecular complexity index is 967. The number of nitro groups is 1. The summed E-state index contributed by atoms with van der Waals surface area (Å²) in [7, 11) is 1.27. The first-order chi connectivity index (χ1) is 14.7. The predicted molar refractivity (Wildman–Crippen MR) is 111 cm³/mol. The minimum atomic E-state index is -4.85. The molecule has 0 saturated heterocycles. The zero-order valence-corrected chi connectivity index (χ0v) is 17.6. The maximum Gasteiger partial charge on any atom is 0.573 e. The van der Waals surface area contributed by atoms with Crippen LogP contribution in [0.2, 0.25) is 0 Å². The Morgan fingerprint density at radius 2 is 1.94 bits per heavy atom. The number of nitro benzene ring substituents is 1. The second kappa shape index (κ2) is 9.46. The smallest absolute Gasteiger partial charge is 0.493 e. The molecular weight excluding hydrogens is 435 g/mol. The molecule has 2 aromatic carbocycles. The van der Waals surface area contributed by atoms with E-state index in [0.717, 1.165) is 12.0 Å². The van der Waals surface area contributed by atoms with E-state index in [4.69, 9.17) is 4.74 Å². The van der Waals surface area contributed by atoms with Gasteiger partial charge in [-0.15, -0.1) is 24.9 Å². The van der Waals surface area contributed by atoms with Crippen molar-refractivity contribution in [3.05, 3.63) is 63.7 Å². The molecule has 11 heteroatoms. The fraction of sp³-hybridized carbons (Fsp3) is 0.350. The summed E-state index contributed by atoms with van der Waals surface area (Å²) >= 11 is 1.62. The number of methoxy groups -OCH3 is 1. The molecule has 1 aliphatic heterocycles. The summed E-state index contributed by atoms with van der Waals surface area (Å²) in [5, 5.41) is 17.3. The molecule has 0 N–H and O–H groups in total. The number of ether oxygens (including phenoxy) is 2. The van der Waals surface area contributed by atoms with E-state index in [1.54, 1.807) is 35.0 Å². The minimum absolute atomic E-state index is 0.000224. The van der Waals surface area contributed by atoms with Gasteiger partial charge in [0.1, 0.15) is 0 Å². The van der Waals surface area contributed by atoms with E-state index in [2.05, 4.69) is 9.84 Å². The first kappa shape index (κ1) is 22.7. The Labute approximate surface area is 181 Å². The number of rotatable bonds is 7. The topological polar surface area (TPSA) is 77.2 Å². The van der Waals surface area contributed by atoms with Crippen molar-refractivity contribution < 1.29 is 27.6 Å². The van der Waals surface area contributed by atoms with Gasteiger partial charge in [0.05, 0.1) is 35.4 Å². The van der Waals surface area contributed by atoms with Gasteiger partial charge in [-0.2, -0.15) is 5.10 Å². The van der Waals surface area contributed by atoms with Crippen LogP contribution in [0.4, 0.5) is 18.9 Å². The van der Waals surface area contributed by atoms with Gasteiger partial charge in [0.25, 0.3) is 5.69 Å². The van der Waals surface area contributed by atoms with Crippen LogP contribution < -0.4 is 9.47 Å². The molecule has 0 bridgehead atoms. The second-order valence-corrected chi connectivity index (χ2v) is 7.84. The van der Waals surface area contributed by atoms with E-state index >= 15 is 0 Å². The summed E-state index contributed by atoms with van der Waals surface area (Å²) in [5.74, 6) is 0.129. The molecular formula is C20H20F3N3O4S. The normalized spacial score (nSPS) is 16.6. The van der Waals surface area contributed by atoms with E-state index < -0.39 is 17.0 Å². The van der Waals surface area contributed by atoms with Gasteiger partial charge in [0, 0.05) is 17.7 Å². The first-order valence-electron chi connectivity index (χ1n) is 9.32. The van der Waals surface area contributed by atoms with Gasteiger partial charge in [-0.05, 0) is 30.2 Å². The molecule has 0 spiro atoms. The Kier molecular flexibility index (Phi) is 6.94. The minimum Gasteiger partial charge on any atom is -0.493 e. The Morgan fingerprint density at radius 3 is 2.52 bits per heavy atom. The summed E-state index contributed by atoms with van der Waals surface area (Å²) in [6.45, 7) is 2.39. The van der Waals surface area contributed by atoms with E-state index in [0.29, 0.717) is 23.7 Å². The van der Waals surface area contributed by atoms with Gasteiger partial charge >= 0.3 is 6.36 Å². The fourth-order valence-corrected chi connectivity index (χ4v) is 4.19. The number of benzene rings is 2. The van der Waals surface area contributed by atoms with Crippen LogP contribution >= 0.6 is 11.8 Å². The quantitative estimate of drug-likeness (QED) is 0.422. The number of hydrogen-bond donors (Lipinski definition) is 0. The van der Waals surface area contributed by atoms with E-state index in [1.165, 1.54) is 31.4 Å². The van der Waals surface area contributed by atoms with Crippen LogP contribution in [0.25, 0.3) is 0 Å². The van der Waals surface area contributed by atoms with Crippen molar-refractivity contribution in [2.24, 2.45) is 5.10 Å². The molecule has 1 atom stereocenters. The lowest BCUT2D eigenvalue weighted by molar-refractivity contribution is -0.384. The van der Waals surface area contributed by atoms with Crippen LogP contribution in [0.15, 0.2) is 47.6 Å². The van der Waals surface area contributed by atoms with Crippen molar-refractivity contribution in [2.45, 2.75) is 31.5 Å². The van der Waals surface area contributed by atoms with Gasteiger partial charge in [0.15, 0.2) is 11.5 Å². The summed E-state index contributed by atoms with van der Waals surface area (Å²) < 4.78 is 47.5. The third-order valence-electron chi connectivity index (χ3n) is 4.55. The Hall–Kier alpha value is -2.95. The predicted octanol–water partition coefficient (Wildman–Crippen LogP) is 5.19. The number of halogens is 3. The fourth-order valence-electron chi connectivity index (χ4n) is 3.11. The highest BCUT2D eigenvalue weighted by atomic mass is 32.2. The second-order valence-electron chi connectivity index (χ2n) is 6.68. The molecule has 3 rings (SSSR count). The van der Waals surface area contributed by atoms with Crippen LogP contribution in [0.3, 0.4) is 0 Å². The monoisotopic (exact) mass is 455 g/mol. The maximum atomic E-state index is 12.8. The summed E-state index contributed by atoms with van der Waals surface area (Å²) in [6, 6.07) is 10.5. The molecule has 1 heterocycles. The van der Waals surface area contributed by atoms with E-state index in [-0.39, 0.29) is 16.7 Å². The number of non-ortho nitro benzene ring substituents is 1. The summed E-state index contributed by atoms with van der Waals surface area (Å²) in [5.41, 5.74) is 1.98. The number of hydrogen-bond acceptors (Lipinski definition) is 7. The van der Waals surface area contributed by atoms with Crippen LogP contribution in [0.1, 0.15) is 24.5 Å². The third-order valence-corrected chi connectivity index (χ3v) is 5.95. The van der Waals surface area contributed by atoms with Crippen molar-refractivity contribution in [2.75, 3.05) is 13.0 Å². The third kappa shape index (κ3) is 5.81. The van der Waals surface area contributed by atoms with Gasteiger partial charge in [-0.25, -0.2) is 0 Å². The Balaban J connectivity index is 1.89. The highest BCUT2D eigenvalue weighted by Crippen LogP contribution is 2.35. The molecule has 0 aliphatic carbocycles. The van der Waals surface area contributed by atoms with Crippen molar-refractivity contribution in [1.29, 1.82) is 0 Å². The molecule has 0 fully saturated rings. The average Bonchev–Trinajstić information content (AvgIpc) is 2.73. The molecule has 0 aromatic heterocycles. The lowest BCUT2D eigenvalue weighted by Gasteiger charge is -2.30. The molecule has 166 valence electrons. The maximum absolute atomic E-state index is 12.8. The van der Waals surface area contributed by atoms with Crippen LogP contribution in [-0.2, 0) is 6.54 Å². The van der Waals surface area contributed by atoms with Crippen LogP contribution in [0, 0.1) is 10.1 Å². The van der Waals surface area contributed by atoms with E-state index in [1.807, 2.05) is 6.92 Å². The lowest BCUT2D eigenvalue weighted by Crippen LogP contribution is -2.31. The van der Waals surface area contributed by atoms with Crippen LogP contribution in [-0.4, -0.2) is 40.2 Å². The number of hydrazone groups is 1. The van der Waals surface area contributed by atoms with Gasteiger partial charge in [-0.3, -0.25) is 15.1 Å². The highest BCUT2D eigenvalue weighted by Gasteiger charge is 2.33. The number of thioether (sulfide) groups is 1. The molecule has 0 saturated carbocycles. The molecule has 1 unspecified atom stereocenters. The number of nitrogens with zero attached hydrogens (tertiary/aromatic N) is 3. The average molecular weight is 455 g/mol. The van der Waals surface area contributed by atoms with Gasteiger partial charge < -0.3 is 9.47 Å². The summed E-state index contributed by atoms with van der Waals surface area (Å²) in [4.78, 5) is 10.3. The molecule has 0 amide bonds. The largest absolute Gasteiger partial charge is 0.573 e. The highest BCUT2D eigenvalue weighted by molar-refractivity contribution is 8.00. The molecule has 31 heavy (non-hydrogen) atoms. The lowest BCUT2D eigenvalue weighted by atomic mass is 10.0. The zero-order valence-electron chi connectivity index (χ0n) is 16.8. The van der Waals surface area contributed by atoms with Gasteiger partial charge in [-0.1, -0.05) is 19.1 Å². The first-order valence-corrected chi connectivity index (χ1v) is 10.4. The standard InChI is InChI=1S/C20H20F3N3O4S/c1-3-18-19(14-6-9-16(29-2)17(10-14)30-20(21,22)23)24-25(12-31-18)11-13-4-7-15(8-5-13)26(27)28/h4-10,18H,3,11-12H2,1-2H3. The van der Waals surface area contributed by atoms with E-state index in [9.17, 15) is 23.3 Å². The van der Waals surface area contributed by atoms with Crippen molar-refractivity contribution in [3.8, 4) is 11.5 Å². The molecule has 0 radical (unpaired) electrons. The Morgan fingerprint density at radius 1 is 1.23 bits per heavy atom. The molecule has 2 aromatic rings. The summed E-state index contributed by atoms with van der Waals surface area (Å²) in [6.07, 6.45) is -4.10. The zero-order chi connectivity index (χ0) is 22.6. The van der Waals surface area contributed by atoms with Crippen molar-refractivity contribution in [3.63, 3.8) is 0 Å². The SMILES string of the molecule is CCC1SCN(Cc2ccc([N+](=O)[O-])cc2)N=C1c1ccc(OC)c(OC(F)(F)F)c1. The van der Waals surface area contributed by atoms with Crippen molar-refractivity contribution >= 4 is 23.2 Å². The van der Waals surface area contributed by atoms with Gasteiger partial charge in [0.2, 0.25) is 0 Å². The molecule has 7 nitrogen and oxygen atoms in total. The number of alkyl halides is 3. The molecule has 1 aliphatic rings. The van der Waals surface area contributed by atoms with Crippen molar-refractivity contribution in [1.82, 2.24) is 5.01 Å². The van der Waals surface area contributed by atoms with Crippen LogP contribution in [0.5, 0.6) is 11.5 Å².